The van der Waals surface area contributed by atoms with Gasteiger partial charge in [-0.1, -0.05) is 47.5 Å². The molecule has 1 aliphatic heterocycles. The van der Waals surface area contributed by atoms with Gasteiger partial charge in [0.05, 0.1) is 28.6 Å². The van der Waals surface area contributed by atoms with Crippen molar-refractivity contribution in [3.63, 3.8) is 0 Å². The number of allylic oxidation sites excluding steroid dienone is 1. The third-order valence-corrected chi connectivity index (χ3v) is 6.79. The fourth-order valence-corrected chi connectivity index (χ4v) is 5.67. The third-order valence-electron chi connectivity index (χ3n) is 6.28. The number of anilines is 1. The van der Waals surface area contributed by atoms with Crippen molar-refractivity contribution in [1.29, 1.82) is 0 Å². The lowest BCUT2D eigenvalue weighted by Crippen LogP contribution is -2.62. The fourth-order valence-electron chi connectivity index (χ4n) is 5.07. The summed E-state index contributed by atoms with van der Waals surface area (Å²) < 4.78 is 10.9. The second-order valence-corrected chi connectivity index (χ2v) is 8.62. The molecule has 33 heavy (non-hydrogen) atoms. The van der Waals surface area contributed by atoms with Crippen LogP contribution < -0.4 is 15.4 Å². The zero-order valence-corrected chi connectivity index (χ0v) is 19.9. The van der Waals surface area contributed by atoms with Gasteiger partial charge in [-0.2, -0.15) is 0 Å². The van der Waals surface area contributed by atoms with E-state index < -0.39 is 29.3 Å². The number of nitrogens with two attached hydrogens (primary N) is 1. The van der Waals surface area contributed by atoms with Crippen molar-refractivity contribution in [2.24, 2.45) is 5.73 Å². The van der Waals surface area contributed by atoms with Crippen LogP contribution in [0.15, 0.2) is 49.1 Å². The van der Waals surface area contributed by atoms with Crippen LogP contribution in [0.5, 0.6) is 5.75 Å². The van der Waals surface area contributed by atoms with Gasteiger partial charge in [-0.25, -0.2) is 0 Å². The molecule has 9 heteroatoms. The Morgan fingerprint density at radius 3 is 2.58 bits per heavy atom. The van der Waals surface area contributed by atoms with E-state index in [0.29, 0.717) is 22.6 Å². The number of aliphatic hydroxyl groups is 1. The number of rotatable bonds is 10. The maximum Gasteiger partial charge on any atom is 0.241 e. The summed E-state index contributed by atoms with van der Waals surface area (Å²) >= 11 is 12.9. The molecule has 3 rings (SSSR count). The van der Waals surface area contributed by atoms with E-state index in [1.807, 2.05) is 0 Å². The molecular formula is C24H26Cl2N2O5. The van der Waals surface area contributed by atoms with Crippen LogP contribution in [0, 0.1) is 0 Å². The van der Waals surface area contributed by atoms with Crippen LogP contribution in [0.25, 0.3) is 0 Å². The first-order valence-electron chi connectivity index (χ1n) is 10.2. The monoisotopic (exact) mass is 492 g/mol. The molecular weight excluding hydrogens is 467 g/mol. The summed E-state index contributed by atoms with van der Waals surface area (Å²) in [7, 11) is 2.90. The first-order valence-corrected chi connectivity index (χ1v) is 11.0. The number of nitrogens with zero attached hydrogens (tertiary/aromatic N) is 1. The third kappa shape index (κ3) is 3.60. The van der Waals surface area contributed by atoms with Gasteiger partial charge < -0.3 is 20.3 Å². The minimum atomic E-state index is -1.69. The number of fused-ring (bicyclic) bond motifs is 1. The average Bonchev–Trinajstić information content (AvgIpc) is 3.01. The van der Waals surface area contributed by atoms with Gasteiger partial charge in [0, 0.05) is 24.3 Å². The summed E-state index contributed by atoms with van der Waals surface area (Å²) in [6.45, 7) is 3.28. The second-order valence-electron chi connectivity index (χ2n) is 7.78. The molecule has 3 N–H and O–H groups in total. The van der Waals surface area contributed by atoms with Gasteiger partial charge in [0.2, 0.25) is 11.8 Å². The molecule has 1 aliphatic rings. The van der Waals surface area contributed by atoms with Gasteiger partial charge >= 0.3 is 0 Å². The fraction of sp³-hybridized carbons (Fsp3) is 0.333. The standard InChI is InChI=1S/C24H26Cl2N2O5/c1-4-9-23(21(27)30,16-7-5-6-8-19(16)33-3)24(10-11-29)17-12-15(25)13-18(26)20(17)28(14-32-2)22(24)31/h4-8,12-13,29H,1,9-11,14H2,2-3H3,(H2,27,30)/t23-,24-/m1/s1. The molecule has 0 fully saturated rings. The Morgan fingerprint density at radius 2 is 2.00 bits per heavy atom. The Kier molecular flexibility index (Phi) is 7.39. The zero-order chi connectivity index (χ0) is 24.4. The van der Waals surface area contributed by atoms with Crippen LogP contribution >= 0.6 is 23.2 Å². The highest BCUT2D eigenvalue weighted by Crippen LogP contribution is 2.59. The molecule has 0 aromatic heterocycles. The van der Waals surface area contributed by atoms with E-state index in [1.165, 1.54) is 31.3 Å². The summed E-state index contributed by atoms with van der Waals surface area (Å²) in [5.41, 5.74) is 3.90. The van der Waals surface area contributed by atoms with E-state index in [1.54, 1.807) is 30.3 Å². The summed E-state index contributed by atoms with van der Waals surface area (Å²) in [4.78, 5) is 29.1. The summed E-state index contributed by atoms with van der Waals surface area (Å²) in [6.07, 6.45) is 1.37. The van der Waals surface area contributed by atoms with Crippen LogP contribution in [0.4, 0.5) is 5.69 Å². The number of primary amides is 1. The molecule has 2 atom stereocenters. The van der Waals surface area contributed by atoms with Crippen molar-refractivity contribution in [1.82, 2.24) is 0 Å². The minimum absolute atomic E-state index is 0.0150. The highest BCUT2D eigenvalue weighted by Gasteiger charge is 2.67. The normalized spacial score (nSPS) is 19.2. The lowest BCUT2D eigenvalue weighted by Gasteiger charge is -2.46. The molecule has 0 bridgehead atoms. The number of aliphatic hydroxyl groups excluding tert-OH is 1. The lowest BCUT2D eigenvalue weighted by atomic mass is 9.53. The van der Waals surface area contributed by atoms with Crippen molar-refractivity contribution in [2.75, 3.05) is 32.5 Å². The minimum Gasteiger partial charge on any atom is -0.496 e. The quantitative estimate of drug-likeness (QED) is 0.493. The largest absolute Gasteiger partial charge is 0.496 e. The van der Waals surface area contributed by atoms with Crippen molar-refractivity contribution in [2.45, 2.75) is 23.7 Å². The SMILES string of the molecule is C=CC[C@](C(N)=O)(c1ccccc1OC)[C@@]1(CCO)C(=O)N(COC)c2c(Cl)cc(Cl)cc21. The molecule has 2 aromatic rings. The molecule has 2 amide bonds. The number of carbonyl (C=O) groups is 2. The first kappa shape index (κ1) is 25.1. The Morgan fingerprint density at radius 1 is 1.30 bits per heavy atom. The van der Waals surface area contributed by atoms with E-state index in [4.69, 9.17) is 38.4 Å². The van der Waals surface area contributed by atoms with Crippen molar-refractivity contribution in [3.8, 4) is 5.75 Å². The molecule has 0 radical (unpaired) electrons. The molecule has 0 saturated heterocycles. The predicted molar refractivity (Wildman–Crippen MR) is 128 cm³/mol. The molecule has 7 nitrogen and oxygen atoms in total. The Bertz CT molecular complexity index is 1090. The molecule has 0 saturated carbocycles. The smallest absolute Gasteiger partial charge is 0.241 e. The number of carbonyl (C=O) groups excluding carboxylic acids is 2. The zero-order valence-electron chi connectivity index (χ0n) is 18.4. The number of methoxy groups -OCH3 is 2. The predicted octanol–water partition coefficient (Wildman–Crippen LogP) is 3.57. The van der Waals surface area contributed by atoms with E-state index in [0.717, 1.165) is 0 Å². The Labute approximate surface area is 202 Å². The summed E-state index contributed by atoms with van der Waals surface area (Å²) in [5.74, 6) is -0.915. The van der Waals surface area contributed by atoms with Gasteiger partial charge in [0.15, 0.2) is 0 Å². The Balaban J connectivity index is 2.56. The number of hydrogen-bond acceptors (Lipinski definition) is 5. The molecule has 2 aromatic carbocycles. The van der Waals surface area contributed by atoms with Crippen LogP contribution in [0.1, 0.15) is 24.0 Å². The molecule has 176 valence electrons. The maximum atomic E-state index is 14.3. The van der Waals surface area contributed by atoms with Crippen molar-refractivity contribution >= 4 is 40.7 Å². The highest BCUT2D eigenvalue weighted by molar-refractivity contribution is 6.38. The number of hydrogen-bond donors (Lipinski definition) is 2. The molecule has 1 heterocycles. The van der Waals surface area contributed by atoms with Gasteiger partial charge in [0.25, 0.3) is 0 Å². The van der Waals surface area contributed by atoms with Crippen LogP contribution in [0.3, 0.4) is 0 Å². The number of halogens is 2. The van der Waals surface area contributed by atoms with Crippen LogP contribution in [-0.2, 0) is 25.2 Å². The molecule has 0 aliphatic carbocycles. The Hall–Kier alpha value is -2.58. The average molecular weight is 493 g/mol. The lowest BCUT2D eigenvalue weighted by molar-refractivity contribution is -0.136. The van der Waals surface area contributed by atoms with Crippen LogP contribution in [-0.4, -0.2) is 44.5 Å². The number of benzene rings is 2. The van der Waals surface area contributed by atoms with Crippen molar-refractivity contribution in [3.05, 3.63) is 70.2 Å². The number of ether oxygens (including phenoxy) is 2. The van der Waals surface area contributed by atoms with Crippen LogP contribution in [0.2, 0.25) is 10.0 Å². The van der Waals surface area contributed by atoms with E-state index in [2.05, 4.69) is 6.58 Å². The van der Waals surface area contributed by atoms with Gasteiger partial charge in [-0.3, -0.25) is 14.5 Å². The van der Waals surface area contributed by atoms with Gasteiger partial charge in [0.1, 0.15) is 12.5 Å². The molecule has 0 unspecified atom stereocenters. The maximum absolute atomic E-state index is 14.3. The highest BCUT2D eigenvalue weighted by atomic mass is 35.5. The summed E-state index contributed by atoms with van der Waals surface area (Å²) in [5, 5.41) is 10.7. The second kappa shape index (κ2) is 9.73. The van der Waals surface area contributed by atoms with E-state index >= 15 is 0 Å². The molecule has 0 spiro atoms. The number of amides is 2. The van der Waals surface area contributed by atoms with E-state index in [9.17, 15) is 14.7 Å². The topological polar surface area (TPSA) is 102 Å². The summed E-state index contributed by atoms with van der Waals surface area (Å²) in [6, 6.07) is 9.93. The van der Waals surface area contributed by atoms with Gasteiger partial charge in [-0.05, 0) is 36.6 Å². The first-order chi connectivity index (χ1) is 15.8. The van der Waals surface area contributed by atoms with Crippen molar-refractivity contribution < 1.29 is 24.2 Å². The van der Waals surface area contributed by atoms with E-state index in [-0.39, 0.29) is 29.6 Å². The number of para-hydroxylation sites is 1. The van der Waals surface area contributed by atoms with Gasteiger partial charge in [-0.15, -0.1) is 6.58 Å².